The number of nitrogens with one attached hydrogen (secondary N) is 1. The first kappa shape index (κ1) is 17.3. The summed E-state index contributed by atoms with van der Waals surface area (Å²) in [5.74, 6) is 0.679. The highest BCUT2D eigenvalue weighted by atomic mass is 35.5. The van der Waals surface area contributed by atoms with Gasteiger partial charge in [0.1, 0.15) is 0 Å². The molecule has 18 heavy (non-hydrogen) atoms. The van der Waals surface area contributed by atoms with E-state index in [9.17, 15) is 4.79 Å². The van der Waals surface area contributed by atoms with Gasteiger partial charge in [0.2, 0.25) is 5.91 Å². The number of amides is 1. The van der Waals surface area contributed by atoms with Crippen LogP contribution in [-0.4, -0.2) is 30.5 Å². The van der Waals surface area contributed by atoms with Crippen LogP contribution in [0.25, 0.3) is 0 Å². The van der Waals surface area contributed by atoms with Crippen LogP contribution < -0.4 is 11.1 Å². The van der Waals surface area contributed by atoms with Crippen LogP contribution in [0, 0.1) is 0 Å². The fraction of sp³-hybridized carbons (Fsp3) is 0.462. The molecule has 0 aliphatic rings. The van der Waals surface area contributed by atoms with Gasteiger partial charge < -0.3 is 11.1 Å². The van der Waals surface area contributed by atoms with Gasteiger partial charge >= 0.3 is 0 Å². The Labute approximate surface area is 119 Å². The first-order chi connectivity index (χ1) is 8.19. The standard InChI is InChI=1S/C13H20N2OS.ClH/c1-10(9-17-2)15-13(16)12(8-14)11-6-4-3-5-7-11;/h3-7,10,12H,8-9,14H2,1-2H3,(H,15,16);1H. The number of carbonyl (C=O) groups excluding carboxylic acids is 1. The van der Waals surface area contributed by atoms with Gasteiger partial charge in [0.15, 0.2) is 0 Å². The molecule has 0 fully saturated rings. The van der Waals surface area contributed by atoms with Crippen LogP contribution in [0.2, 0.25) is 0 Å². The summed E-state index contributed by atoms with van der Waals surface area (Å²) in [5.41, 5.74) is 6.67. The molecular weight excluding hydrogens is 268 g/mol. The molecule has 0 aromatic heterocycles. The second-order valence-corrected chi connectivity index (χ2v) is 4.97. The van der Waals surface area contributed by atoms with Gasteiger partial charge in [-0.05, 0) is 18.7 Å². The predicted octanol–water partition coefficient (Wildman–Crippen LogP) is 2.02. The quantitative estimate of drug-likeness (QED) is 0.842. The Kier molecular flexibility index (Phi) is 8.89. The number of benzene rings is 1. The number of hydrogen-bond donors (Lipinski definition) is 2. The minimum atomic E-state index is -0.250. The summed E-state index contributed by atoms with van der Waals surface area (Å²) < 4.78 is 0. The molecule has 0 saturated carbocycles. The van der Waals surface area contributed by atoms with E-state index in [4.69, 9.17) is 5.73 Å². The second-order valence-electron chi connectivity index (χ2n) is 4.06. The highest BCUT2D eigenvalue weighted by Gasteiger charge is 2.19. The lowest BCUT2D eigenvalue weighted by molar-refractivity contribution is -0.122. The van der Waals surface area contributed by atoms with E-state index in [1.54, 1.807) is 11.8 Å². The number of rotatable bonds is 6. The van der Waals surface area contributed by atoms with Crippen molar-refractivity contribution in [1.82, 2.24) is 5.32 Å². The molecule has 2 unspecified atom stereocenters. The Hall–Kier alpha value is -0.710. The van der Waals surface area contributed by atoms with E-state index >= 15 is 0 Å². The smallest absolute Gasteiger partial charge is 0.229 e. The van der Waals surface area contributed by atoms with Crippen LogP contribution >= 0.6 is 24.2 Å². The number of hydrogen-bond acceptors (Lipinski definition) is 3. The third kappa shape index (κ3) is 5.29. The van der Waals surface area contributed by atoms with Crippen LogP contribution in [0.4, 0.5) is 0 Å². The van der Waals surface area contributed by atoms with Crippen LogP contribution in [-0.2, 0) is 4.79 Å². The molecule has 1 aromatic rings. The van der Waals surface area contributed by atoms with E-state index in [0.717, 1.165) is 11.3 Å². The van der Waals surface area contributed by atoms with E-state index in [1.807, 2.05) is 43.5 Å². The van der Waals surface area contributed by atoms with Crippen molar-refractivity contribution in [1.29, 1.82) is 0 Å². The molecule has 1 amide bonds. The summed E-state index contributed by atoms with van der Waals surface area (Å²) in [5, 5.41) is 2.99. The number of halogens is 1. The summed E-state index contributed by atoms with van der Waals surface area (Å²) in [6, 6.07) is 9.85. The average molecular weight is 289 g/mol. The van der Waals surface area contributed by atoms with Crippen LogP contribution in [0.15, 0.2) is 30.3 Å². The lowest BCUT2D eigenvalue weighted by Crippen LogP contribution is -2.39. The molecule has 0 aliphatic heterocycles. The highest BCUT2D eigenvalue weighted by molar-refractivity contribution is 7.98. The zero-order valence-corrected chi connectivity index (χ0v) is 12.4. The molecule has 0 heterocycles. The Morgan fingerprint density at radius 2 is 2.00 bits per heavy atom. The molecule has 1 rings (SSSR count). The van der Waals surface area contributed by atoms with Crippen molar-refractivity contribution in [2.45, 2.75) is 18.9 Å². The van der Waals surface area contributed by atoms with Gasteiger partial charge in [-0.2, -0.15) is 11.8 Å². The maximum absolute atomic E-state index is 12.1. The van der Waals surface area contributed by atoms with Crippen LogP contribution in [0.3, 0.4) is 0 Å². The summed E-state index contributed by atoms with van der Waals surface area (Å²) in [6.07, 6.45) is 2.03. The van der Waals surface area contributed by atoms with E-state index in [-0.39, 0.29) is 30.3 Å². The number of nitrogens with two attached hydrogens (primary N) is 1. The second kappa shape index (κ2) is 9.25. The highest BCUT2D eigenvalue weighted by Crippen LogP contribution is 2.14. The maximum Gasteiger partial charge on any atom is 0.229 e. The Morgan fingerprint density at radius 3 is 2.50 bits per heavy atom. The third-order valence-corrected chi connectivity index (χ3v) is 3.39. The lowest BCUT2D eigenvalue weighted by Gasteiger charge is -2.18. The molecule has 0 radical (unpaired) electrons. The van der Waals surface area contributed by atoms with E-state index in [2.05, 4.69) is 5.32 Å². The SMILES string of the molecule is CSCC(C)NC(=O)C(CN)c1ccccc1.Cl. The van der Waals surface area contributed by atoms with Crippen LogP contribution in [0.1, 0.15) is 18.4 Å². The van der Waals surface area contributed by atoms with Crippen molar-refractivity contribution in [3.05, 3.63) is 35.9 Å². The molecule has 2 atom stereocenters. The van der Waals surface area contributed by atoms with E-state index < -0.39 is 0 Å². The third-order valence-electron chi connectivity index (χ3n) is 2.56. The van der Waals surface area contributed by atoms with Gasteiger partial charge in [-0.1, -0.05) is 30.3 Å². The average Bonchev–Trinajstić information content (AvgIpc) is 2.31. The van der Waals surface area contributed by atoms with Gasteiger partial charge in [0, 0.05) is 18.3 Å². The van der Waals surface area contributed by atoms with Crippen LogP contribution in [0.5, 0.6) is 0 Å². The van der Waals surface area contributed by atoms with Crippen molar-refractivity contribution in [2.24, 2.45) is 5.73 Å². The Bertz CT molecular complexity index is 348. The fourth-order valence-corrected chi connectivity index (χ4v) is 2.30. The molecule has 0 saturated heterocycles. The normalized spacial score (nSPS) is 13.3. The van der Waals surface area contributed by atoms with Crippen molar-refractivity contribution >= 4 is 30.1 Å². The molecule has 1 aromatic carbocycles. The maximum atomic E-state index is 12.1. The van der Waals surface area contributed by atoms with Gasteiger partial charge in [0.05, 0.1) is 5.92 Å². The largest absolute Gasteiger partial charge is 0.352 e. The Balaban J connectivity index is 0.00000289. The predicted molar refractivity (Wildman–Crippen MR) is 81.5 cm³/mol. The molecule has 102 valence electrons. The van der Waals surface area contributed by atoms with Crippen molar-refractivity contribution in [3.8, 4) is 0 Å². The van der Waals surface area contributed by atoms with E-state index in [0.29, 0.717) is 6.54 Å². The monoisotopic (exact) mass is 288 g/mol. The zero-order valence-electron chi connectivity index (χ0n) is 10.8. The van der Waals surface area contributed by atoms with Gasteiger partial charge in [-0.15, -0.1) is 12.4 Å². The first-order valence-electron chi connectivity index (χ1n) is 5.73. The summed E-state index contributed by atoms with van der Waals surface area (Å²) >= 11 is 1.72. The molecule has 3 nitrogen and oxygen atoms in total. The van der Waals surface area contributed by atoms with Crippen molar-refractivity contribution in [2.75, 3.05) is 18.6 Å². The lowest BCUT2D eigenvalue weighted by atomic mass is 9.98. The molecule has 0 aliphatic carbocycles. The van der Waals surface area contributed by atoms with Gasteiger partial charge in [-0.25, -0.2) is 0 Å². The summed E-state index contributed by atoms with van der Waals surface area (Å²) in [4.78, 5) is 12.1. The topological polar surface area (TPSA) is 55.1 Å². The first-order valence-corrected chi connectivity index (χ1v) is 7.12. The number of thioether (sulfide) groups is 1. The van der Waals surface area contributed by atoms with Gasteiger partial charge in [0.25, 0.3) is 0 Å². The zero-order chi connectivity index (χ0) is 12.7. The molecule has 0 bridgehead atoms. The minimum Gasteiger partial charge on any atom is -0.352 e. The number of carbonyl (C=O) groups is 1. The molecule has 3 N–H and O–H groups in total. The van der Waals surface area contributed by atoms with E-state index in [1.165, 1.54) is 0 Å². The molecule has 5 heteroatoms. The summed E-state index contributed by atoms with van der Waals surface area (Å²) in [6.45, 7) is 2.34. The fourth-order valence-electron chi connectivity index (χ4n) is 1.71. The minimum absolute atomic E-state index is 0. The van der Waals surface area contributed by atoms with Crippen molar-refractivity contribution < 1.29 is 4.79 Å². The molecular formula is C13H21ClN2OS. The van der Waals surface area contributed by atoms with Gasteiger partial charge in [-0.3, -0.25) is 4.79 Å². The Morgan fingerprint density at radius 1 is 1.39 bits per heavy atom. The summed E-state index contributed by atoms with van der Waals surface area (Å²) in [7, 11) is 0. The van der Waals surface area contributed by atoms with Crippen molar-refractivity contribution in [3.63, 3.8) is 0 Å². The molecule has 0 spiro atoms.